The summed E-state index contributed by atoms with van der Waals surface area (Å²) in [5.74, 6) is 0. The zero-order valence-electron chi connectivity index (χ0n) is 7.94. The van der Waals surface area contributed by atoms with Crippen molar-refractivity contribution in [2.75, 3.05) is 7.11 Å². The Kier molecular flexibility index (Phi) is 3.22. The second kappa shape index (κ2) is 4.09. The minimum atomic E-state index is -4.47. The molecule has 0 aliphatic heterocycles. The first-order chi connectivity index (χ1) is 6.92. The van der Waals surface area contributed by atoms with E-state index in [4.69, 9.17) is 10.3 Å². The van der Waals surface area contributed by atoms with Gasteiger partial charge in [-0.2, -0.15) is 8.42 Å². The Bertz CT molecular complexity index is 414. The molecule has 0 fully saturated rings. The van der Waals surface area contributed by atoms with Crippen LogP contribution < -0.4 is 5.73 Å². The normalized spacial score (nSPS) is 31.0. The quantitative estimate of drug-likeness (QED) is 0.405. The highest BCUT2D eigenvalue weighted by Crippen LogP contribution is 2.24. The summed E-state index contributed by atoms with van der Waals surface area (Å²) in [6, 6.07) is -1.02. The van der Waals surface area contributed by atoms with Crippen LogP contribution in [-0.4, -0.2) is 31.0 Å². The number of allylic oxidation sites excluding steroid dienone is 2. The molecule has 0 spiro atoms. The zero-order chi connectivity index (χ0) is 11.5. The summed E-state index contributed by atoms with van der Waals surface area (Å²) in [6.07, 6.45) is 5.50. The minimum absolute atomic E-state index is 1.02. The van der Waals surface area contributed by atoms with Crippen LogP contribution in [0.25, 0.3) is 0 Å². The lowest BCUT2D eigenvalue weighted by Crippen LogP contribution is -2.54. The minimum Gasteiger partial charge on any atom is -0.383 e. The molecule has 2 atom stereocenters. The van der Waals surface area contributed by atoms with Gasteiger partial charge in [-0.25, -0.2) is 0 Å². The Morgan fingerprint density at radius 3 is 2.73 bits per heavy atom. The summed E-state index contributed by atoms with van der Waals surface area (Å²) in [5, 5.41) is 6.71. The molecule has 84 valence electrons. The van der Waals surface area contributed by atoms with Crippen LogP contribution in [0.4, 0.5) is 0 Å². The SMILES string of the molecule is CON=NC1C=CC=CC1(N)S(=O)(=O)O. The van der Waals surface area contributed by atoms with Crippen LogP contribution in [0, 0.1) is 0 Å². The van der Waals surface area contributed by atoms with Gasteiger partial charge in [-0.15, -0.1) is 5.11 Å². The monoisotopic (exact) mass is 233 g/mol. The van der Waals surface area contributed by atoms with Crippen LogP contribution in [-0.2, 0) is 15.0 Å². The van der Waals surface area contributed by atoms with E-state index in [9.17, 15) is 8.42 Å². The van der Waals surface area contributed by atoms with E-state index < -0.39 is 21.0 Å². The van der Waals surface area contributed by atoms with E-state index >= 15 is 0 Å². The Hall–Kier alpha value is -1.25. The molecule has 8 heteroatoms. The van der Waals surface area contributed by atoms with Crippen LogP contribution in [0.1, 0.15) is 0 Å². The van der Waals surface area contributed by atoms with Crippen LogP contribution in [0.5, 0.6) is 0 Å². The van der Waals surface area contributed by atoms with Crippen molar-refractivity contribution in [2.45, 2.75) is 10.9 Å². The lowest BCUT2D eigenvalue weighted by molar-refractivity contribution is 0.181. The molecule has 0 saturated heterocycles. The van der Waals surface area contributed by atoms with E-state index in [1.54, 1.807) is 6.08 Å². The Morgan fingerprint density at radius 1 is 1.53 bits per heavy atom. The van der Waals surface area contributed by atoms with Gasteiger partial charge in [-0.05, 0) is 6.08 Å². The summed E-state index contributed by atoms with van der Waals surface area (Å²) in [6.45, 7) is 0. The smallest absolute Gasteiger partial charge is 0.290 e. The van der Waals surface area contributed by atoms with E-state index in [1.165, 1.54) is 19.3 Å². The molecular weight excluding hydrogens is 222 g/mol. The third-order valence-corrected chi connectivity index (χ3v) is 3.19. The largest absolute Gasteiger partial charge is 0.383 e. The van der Waals surface area contributed by atoms with Crippen LogP contribution >= 0.6 is 0 Å². The van der Waals surface area contributed by atoms with Crippen molar-refractivity contribution in [3.8, 4) is 0 Å². The van der Waals surface area contributed by atoms with Crippen molar-refractivity contribution in [1.82, 2.24) is 0 Å². The summed E-state index contributed by atoms with van der Waals surface area (Å²) in [5.41, 5.74) is 5.54. The van der Waals surface area contributed by atoms with Gasteiger partial charge in [-0.3, -0.25) is 4.55 Å². The number of hydrogen-bond donors (Lipinski definition) is 2. The summed E-state index contributed by atoms with van der Waals surface area (Å²) in [7, 11) is -3.21. The maximum absolute atomic E-state index is 11.1. The molecule has 0 aromatic heterocycles. The second-order valence-corrected chi connectivity index (χ2v) is 4.55. The van der Waals surface area contributed by atoms with Gasteiger partial charge in [0.1, 0.15) is 13.2 Å². The Labute approximate surface area is 87.0 Å². The van der Waals surface area contributed by atoms with Gasteiger partial charge >= 0.3 is 0 Å². The number of hydrogen-bond acceptors (Lipinski definition) is 6. The molecule has 0 heterocycles. The topological polar surface area (TPSA) is 114 Å². The third-order valence-electron chi connectivity index (χ3n) is 1.92. The highest BCUT2D eigenvalue weighted by Gasteiger charge is 2.44. The third kappa shape index (κ3) is 2.22. The lowest BCUT2D eigenvalue weighted by atomic mass is 10.0. The van der Waals surface area contributed by atoms with E-state index in [1.807, 2.05) is 0 Å². The molecule has 0 bridgehead atoms. The predicted octanol–water partition coefficient (Wildman–Crippen LogP) is 0.0374. The molecule has 15 heavy (non-hydrogen) atoms. The van der Waals surface area contributed by atoms with Crippen LogP contribution in [0.3, 0.4) is 0 Å². The molecule has 0 aromatic carbocycles. The van der Waals surface area contributed by atoms with Gasteiger partial charge in [0.15, 0.2) is 4.87 Å². The molecule has 0 saturated carbocycles. The molecule has 0 radical (unpaired) electrons. The molecule has 2 unspecified atom stereocenters. The fourth-order valence-electron chi connectivity index (χ4n) is 1.09. The lowest BCUT2D eigenvalue weighted by Gasteiger charge is -2.27. The molecule has 0 amide bonds. The summed E-state index contributed by atoms with van der Waals surface area (Å²) >= 11 is 0. The Morgan fingerprint density at radius 2 is 2.20 bits per heavy atom. The van der Waals surface area contributed by atoms with Crippen molar-refractivity contribution in [1.29, 1.82) is 0 Å². The van der Waals surface area contributed by atoms with Gasteiger partial charge in [-0.1, -0.05) is 18.2 Å². The molecule has 1 aliphatic carbocycles. The van der Waals surface area contributed by atoms with Crippen molar-refractivity contribution in [3.63, 3.8) is 0 Å². The maximum Gasteiger partial charge on any atom is 0.290 e. The second-order valence-electron chi connectivity index (χ2n) is 2.90. The van der Waals surface area contributed by atoms with E-state index in [0.29, 0.717) is 0 Å². The molecule has 7 nitrogen and oxygen atoms in total. The van der Waals surface area contributed by atoms with E-state index in [-0.39, 0.29) is 0 Å². The predicted molar refractivity (Wildman–Crippen MR) is 52.4 cm³/mol. The molecule has 1 aliphatic rings. The van der Waals surface area contributed by atoms with Gasteiger partial charge in [0.2, 0.25) is 0 Å². The standard InChI is InChI=1S/C7H11N3O4S/c1-14-10-9-6-4-2-3-5-7(6,8)15(11,12)13/h2-6H,8H2,1H3,(H,11,12,13). The van der Waals surface area contributed by atoms with E-state index in [2.05, 4.69) is 15.2 Å². The fraction of sp³-hybridized carbons (Fsp3) is 0.429. The highest BCUT2D eigenvalue weighted by atomic mass is 32.2. The fourth-order valence-corrected chi connectivity index (χ4v) is 1.77. The van der Waals surface area contributed by atoms with Gasteiger partial charge < -0.3 is 10.6 Å². The van der Waals surface area contributed by atoms with Crippen LogP contribution in [0.2, 0.25) is 0 Å². The van der Waals surface area contributed by atoms with Crippen molar-refractivity contribution >= 4 is 10.1 Å². The molecular formula is C7H11N3O4S. The van der Waals surface area contributed by atoms with Crippen molar-refractivity contribution < 1.29 is 17.8 Å². The number of nitrogens with two attached hydrogens (primary N) is 1. The highest BCUT2D eigenvalue weighted by molar-refractivity contribution is 7.87. The van der Waals surface area contributed by atoms with Crippen LogP contribution in [0.15, 0.2) is 34.7 Å². The zero-order valence-corrected chi connectivity index (χ0v) is 8.76. The Balaban J connectivity index is 3.10. The van der Waals surface area contributed by atoms with Crippen molar-refractivity contribution in [2.24, 2.45) is 16.1 Å². The molecule has 3 N–H and O–H groups in total. The maximum atomic E-state index is 11.1. The average Bonchev–Trinajstić information content (AvgIpc) is 2.15. The first-order valence-electron chi connectivity index (χ1n) is 3.97. The first-order valence-corrected chi connectivity index (χ1v) is 5.41. The van der Waals surface area contributed by atoms with Gasteiger partial charge in [0.05, 0.1) is 0 Å². The van der Waals surface area contributed by atoms with Crippen molar-refractivity contribution in [3.05, 3.63) is 24.3 Å². The number of nitrogens with zero attached hydrogens (tertiary/aromatic N) is 2. The molecule has 1 rings (SSSR count). The van der Waals surface area contributed by atoms with E-state index in [0.717, 1.165) is 6.08 Å². The first kappa shape index (κ1) is 11.8. The molecule has 0 aromatic rings. The summed E-state index contributed by atoms with van der Waals surface area (Å²) < 4.78 is 31.2. The number of rotatable bonds is 3. The van der Waals surface area contributed by atoms with Gasteiger partial charge in [0.25, 0.3) is 10.1 Å². The van der Waals surface area contributed by atoms with Gasteiger partial charge in [0, 0.05) is 5.28 Å². The summed E-state index contributed by atoms with van der Waals surface area (Å²) in [4.78, 5) is 2.32. The average molecular weight is 233 g/mol.